The van der Waals surface area contributed by atoms with E-state index in [1.807, 2.05) is 6.92 Å². The average molecular weight is 154 g/mol. The van der Waals surface area contributed by atoms with Gasteiger partial charge in [0.15, 0.2) is 5.83 Å². The van der Waals surface area contributed by atoms with E-state index in [2.05, 4.69) is 5.73 Å². The first-order valence-corrected chi connectivity index (χ1v) is 3.43. The summed E-state index contributed by atoms with van der Waals surface area (Å²) in [5, 5.41) is 0. The second-order valence-electron chi connectivity index (χ2n) is 2.21. The second kappa shape index (κ2) is 3.31. The van der Waals surface area contributed by atoms with Gasteiger partial charge in [0.2, 0.25) is 5.83 Å². The zero-order valence-electron chi connectivity index (χ0n) is 6.20. The third-order valence-electron chi connectivity index (χ3n) is 1.44. The van der Waals surface area contributed by atoms with Crippen molar-refractivity contribution in [3.05, 3.63) is 41.2 Å². The molecule has 0 nitrogen and oxygen atoms in total. The minimum atomic E-state index is -0.926. The van der Waals surface area contributed by atoms with Crippen molar-refractivity contribution in [1.82, 2.24) is 0 Å². The predicted octanol–water partition coefficient (Wildman–Crippen LogP) is 3.20. The third kappa shape index (κ3) is 1.89. The zero-order valence-corrected chi connectivity index (χ0v) is 6.20. The number of allylic oxidation sites excluding steroid dienone is 5. The molecule has 0 spiro atoms. The van der Waals surface area contributed by atoms with Crippen LogP contribution < -0.4 is 0 Å². The van der Waals surface area contributed by atoms with E-state index in [1.165, 1.54) is 12.2 Å². The van der Waals surface area contributed by atoms with Gasteiger partial charge in [-0.25, -0.2) is 4.39 Å². The van der Waals surface area contributed by atoms with Crippen LogP contribution in [-0.2, 0) is 0 Å². The Hall–Kier alpha value is -1.14. The van der Waals surface area contributed by atoms with Crippen LogP contribution in [-0.4, -0.2) is 0 Å². The quantitative estimate of drug-likeness (QED) is 0.509. The molecule has 0 N–H and O–H groups in total. The van der Waals surface area contributed by atoms with Crippen molar-refractivity contribution >= 4 is 0 Å². The first kappa shape index (κ1) is 7.96. The number of halogens is 2. The molecule has 11 heavy (non-hydrogen) atoms. The van der Waals surface area contributed by atoms with Crippen molar-refractivity contribution in [3.8, 4) is 0 Å². The molecule has 0 saturated carbocycles. The van der Waals surface area contributed by atoms with E-state index in [-0.39, 0.29) is 0 Å². The molecule has 2 heteroatoms. The molecule has 0 aromatic carbocycles. The van der Waals surface area contributed by atoms with Crippen molar-refractivity contribution in [1.29, 1.82) is 0 Å². The number of rotatable bonds is 1. The fourth-order valence-electron chi connectivity index (χ4n) is 0.785. The van der Waals surface area contributed by atoms with Crippen LogP contribution in [0, 0.1) is 0 Å². The van der Waals surface area contributed by atoms with Crippen LogP contribution >= 0.6 is 0 Å². The summed E-state index contributed by atoms with van der Waals surface area (Å²) in [7, 11) is 0. The second-order valence-corrected chi connectivity index (χ2v) is 2.21. The summed E-state index contributed by atoms with van der Waals surface area (Å²) in [6, 6.07) is 0. The monoisotopic (exact) mass is 154 g/mol. The molecule has 0 unspecified atom stereocenters. The first-order chi connectivity index (χ1) is 5.24. The Morgan fingerprint density at radius 3 is 2.82 bits per heavy atom. The molecule has 0 fully saturated rings. The van der Waals surface area contributed by atoms with Gasteiger partial charge < -0.3 is 0 Å². The molecule has 0 radical (unpaired) electrons. The maximum Gasteiger partial charge on any atom is 0.201 e. The van der Waals surface area contributed by atoms with Gasteiger partial charge in [0, 0.05) is 0 Å². The Morgan fingerprint density at radius 1 is 1.45 bits per heavy atom. The van der Waals surface area contributed by atoms with E-state index in [0.717, 1.165) is 5.57 Å². The summed E-state index contributed by atoms with van der Waals surface area (Å²) < 4.78 is 25.0. The van der Waals surface area contributed by atoms with Gasteiger partial charge in [-0.2, -0.15) is 4.39 Å². The summed E-state index contributed by atoms with van der Waals surface area (Å²) in [6.45, 7) is 1.88. The average Bonchev–Trinajstić information content (AvgIpc) is 2.15. The van der Waals surface area contributed by atoms with Gasteiger partial charge in [0.1, 0.15) is 0 Å². The summed E-state index contributed by atoms with van der Waals surface area (Å²) in [4.78, 5) is 0. The summed E-state index contributed by atoms with van der Waals surface area (Å²) in [5.41, 5.74) is 2.93. The molecule has 0 amide bonds. The molecule has 0 bridgehead atoms. The van der Waals surface area contributed by atoms with E-state index >= 15 is 0 Å². The molecule has 0 aliphatic heterocycles. The topological polar surface area (TPSA) is 0 Å². The lowest BCUT2D eigenvalue weighted by molar-refractivity contribution is 0.546. The Balaban J connectivity index is 3.01. The molecule has 0 aromatic heterocycles. The third-order valence-corrected chi connectivity index (χ3v) is 1.44. The highest BCUT2D eigenvalue weighted by Gasteiger charge is 2.03. The largest absolute Gasteiger partial charge is 0.203 e. The predicted molar refractivity (Wildman–Crippen MR) is 40.3 cm³/mol. The molecule has 1 aliphatic rings. The molecule has 58 valence electrons. The maximum absolute atomic E-state index is 12.6. The number of hydrogen-bond acceptors (Lipinski definition) is 0. The van der Waals surface area contributed by atoms with Crippen LogP contribution in [0.5, 0.6) is 0 Å². The lowest BCUT2D eigenvalue weighted by Crippen LogP contribution is -1.76. The van der Waals surface area contributed by atoms with E-state index in [4.69, 9.17) is 0 Å². The lowest BCUT2D eigenvalue weighted by Gasteiger charge is -1.92. The normalized spacial score (nSPS) is 16.8. The van der Waals surface area contributed by atoms with Crippen molar-refractivity contribution in [2.75, 3.05) is 0 Å². The Morgan fingerprint density at radius 2 is 2.18 bits per heavy atom. The van der Waals surface area contributed by atoms with Crippen LogP contribution in [0.1, 0.15) is 13.3 Å². The SMILES string of the molecule is CCC1=CC=C=C(F)C(F)=C1. The van der Waals surface area contributed by atoms with Crippen molar-refractivity contribution in [3.63, 3.8) is 0 Å². The fourth-order valence-corrected chi connectivity index (χ4v) is 0.785. The molecule has 0 atom stereocenters. The first-order valence-electron chi connectivity index (χ1n) is 3.43. The van der Waals surface area contributed by atoms with Crippen LogP contribution in [0.25, 0.3) is 0 Å². The molecule has 0 saturated heterocycles. The number of hydrogen-bond donors (Lipinski definition) is 0. The van der Waals surface area contributed by atoms with E-state index < -0.39 is 11.7 Å². The standard InChI is InChI=1S/C9H8F2/c1-2-7-4-3-5-8(10)9(11)6-7/h3-4,6H,2H2,1H3. The Bertz CT molecular complexity index is 276. The van der Waals surface area contributed by atoms with Crippen molar-refractivity contribution in [2.24, 2.45) is 0 Å². The molecular formula is C9H8F2. The van der Waals surface area contributed by atoms with Gasteiger partial charge in [0.05, 0.1) is 0 Å². The summed E-state index contributed by atoms with van der Waals surface area (Å²) in [5.74, 6) is -1.77. The lowest BCUT2D eigenvalue weighted by atomic mass is 10.2. The van der Waals surface area contributed by atoms with Crippen LogP contribution in [0.15, 0.2) is 41.2 Å². The van der Waals surface area contributed by atoms with Crippen molar-refractivity contribution in [2.45, 2.75) is 13.3 Å². The van der Waals surface area contributed by atoms with Crippen LogP contribution in [0.2, 0.25) is 0 Å². The van der Waals surface area contributed by atoms with Gasteiger partial charge in [-0.15, -0.1) is 0 Å². The van der Waals surface area contributed by atoms with Gasteiger partial charge in [-0.1, -0.05) is 18.7 Å². The molecule has 1 rings (SSSR count). The Labute approximate surface area is 64.2 Å². The molecule has 1 aliphatic carbocycles. The van der Waals surface area contributed by atoms with Gasteiger partial charge >= 0.3 is 0 Å². The van der Waals surface area contributed by atoms with Gasteiger partial charge in [0.25, 0.3) is 0 Å². The highest BCUT2D eigenvalue weighted by atomic mass is 19.2. The van der Waals surface area contributed by atoms with Gasteiger partial charge in [-0.3, -0.25) is 0 Å². The molecule has 0 aromatic rings. The minimum Gasteiger partial charge on any atom is -0.203 e. The smallest absolute Gasteiger partial charge is 0.201 e. The van der Waals surface area contributed by atoms with Crippen molar-refractivity contribution < 1.29 is 8.78 Å². The summed E-state index contributed by atoms with van der Waals surface area (Å²) in [6.07, 6.45) is 4.91. The Kier molecular flexibility index (Phi) is 2.40. The van der Waals surface area contributed by atoms with Gasteiger partial charge in [-0.05, 0) is 24.1 Å². The molecule has 0 heterocycles. The van der Waals surface area contributed by atoms with E-state index in [9.17, 15) is 8.78 Å². The highest BCUT2D eigenvalue weighted by Crippen LogP contribution is 2.18. The van der Waals surface area contributed by atoms with Crippen LogP contribution in [0.4, 0.5) is 8.78 Å². The van der Waals surface area contributed by atoms with Crippen LogP contribution in [0.3, 0.4) is 0 Å². The fraction of sp³-hybridized carbons (Fsp3) is 0.222. The summed E-state index contributed by atoms with van der Waals surface area (Å²) >= 11 is 0. The molecular weight excluding hydrogens is 146 g/mol. The minimum absolute atomic E-state index is 0.693. The zero-order chi connectivity index (χ0) is 8.27. The van der Waals surface area contributed by atoms with E-state index in [1.54, 1.807) is 6.08 Å². The highest BCUT2D eigenvalue weighted by molar-refractivity contribution is 5.34. The van der Waals surface area contributed by atoms with E-state index in [0.29, 0.717) is 6.42 Å². The maximum atomic E-state index is 12.6.